The van der Waals surface area contributed by atoms with E-state index in [4.69, 9.17) is 28.9 Å². The quantitative estimate of drug-likeness (QED) is 0.288. The molecule has 0 spiro atoms. The number of amides is 1. The van der Waals surface area contributed by atoms with Crippen LogP contribution in [-0.2, 0) is 17.8 Å². The molecule has 5 nitrogen and oxygen atoms in total. The van der Waals surface area contributed by atoms with Crippen molar-refractivity contribution in [3.8, 4) is 11.1 Å². The van der Waals surface area contributed by atoms with Crippen LogP contribution in [0, 0.1) is 5.92 Å². The number of hydrogen-bond acceptors (Lipinski definition) is 5. The van der Waals surface area contributed by atoms with E-state index in [1.54, 1.807) is 11.8 Å². The number of likely N-dealkylation sites (tertiary alicyclic amines) is 1. The molecule has 3 aromatic carbocycles. The van der Waals surface area contributed by atoms with E-state index >= 15 is 0 Å². The van der Waals surface area contributed by atoms with Gasteiger partial charge in [-0.2, -0.15) is 0 Å². The molecule has 2 fully saturated rings. The van der Waals surface area contributed by atoms with Gasteiger partial charge in [-0.3, -0.25) is 9.69 Å². The van der Waals surface area contributed by atoms with Crippen LogP contribution in [0.3, 0.4) is 0 Å². The lowest BCUT2D eigenvalue weighted by atomic mass is 9.88. The molecule has 8 heteroatoms. The summed E-state index contributed by atoms with van der Waals surface area (Å²) in [5.41, 5.74) is 11.5. The van der Waals surface area contributed by atoms with E-state index in [0.717, 1.165) is 87.2 Å². The van der Waals surface area contributed by atoms with Crippen LogP contribution in [0.4, 0.5) is 0 Å². The van der Waals surface area contributed by atoms with Crippen molar-refractivity contribution >= 4 is 40.9 Å². The lowest BCUT2D eigenvalue weighted by Gasteiger charge is -2.39. The van der Waals surface area contributed by atoms with Gasteiger partial charge >= 0.3 is 0 Å². The lowest BCUT2D eigenvalue weighted by molar-refractivity contribution is -0.136. The van der Waals surface area contributed by atoms with E-state index in [1.807, 2.05) is 29.2 Å². The van der Waals surface area contributed by atoms with E-state index in [0.29, 0.717) is 0 Å². The molecule has 3 aromatic rings. The van der Waals surface area contributed by atoms with Crippen LogP contribution in [0.1, 0.15) is 24.0 Å². The molecule has 2 saturated heterocycles. The van der Waals surface area contributed by atoms with Crippen molar-refractivity contribution in [3.05, 3.63) is 87.9 Å². The Kier molecular flexibility index (Phi) is 10.7. The number of piperidine rings is 1. The fourth-order valence-corrected chi connectivity index (χ4v) is 7.13. The van der Waals surface area contributed by atoms with Crippen molar-refractivity contribution in [2.75, 3.05) is 52.1 Å². The zero-order valence-electron chi connectivity index (χ0n) is 23.8. The average Bonchev–Trinajstić information content (AvgIpc) is 3.00. The van der Waals surface area contributed by atoms with Gasteiger partial charge in [-0.15, -0.1) is 11.8 Å². The molecule has 0 bridgehead atoms. The summed E-state index contributed by atoms with van der Waals surface area (Å²) in [5, 5.41) is 1.48. The Morgan fingerprint density at radius 3 is 2.34 bits per heavy atom. The van der Waals surface area contributed by atoms with Crippen molar-refractivity contribution in [1.29, 1.82) is 0 Å². The van der Waals surface area contributed by atoms with Crippen LogP contribution in [-0.4, -0.2) is 78.7 Å². The maximum Gasteiger partial charge on any atom is 0.239 e. The normalized spacial score (nSPS) is 18.0. The first-order valence-corrected chi connectivity index (χ1v) is 16.5. The number of benzene rings is 3. The van der Waals surface area contributed by atoms with Crippen molar-refractivity contribution < 1.29 is 4.79 Å². The number of halogens is 2. The largest absolute Gasteiger partial charge is 0.339 e. The second-order valence-electron chi connectivity index (χ2n) is 11.2. The number of carbonyl (C=O) groups is 1. The Bertz CT molecular complexity index is 1320. The first kappa shape index (κ1) is 30.4. The van der Waals surface area contributed by atoms with Crippen molar-refractivity contribution in [2.45, 2.75) is 36.7 Å². The molecular weight excluding hydrogens is 571 g/mol. The third-order valence-corrected chi connectivity index (χ3v) is 9.90. The number of rotatable bonds is 9. The van der Waals surface area contributed by atoms with Crippen LogP contribution >= 0.6 is 35.0 Å². The number of hydrogen-bond donors (Lipinski definition) is 1. The molecule has 2 aliphatic heterocycles. The molecule has 0 radical (unpaired) electrons. The second-order valence-corrected chi connectivity index (χ2v) is 12.9. The smallest absolute Gasteiger partial charge is 0.239 e. The topological polar surface area (TPSA) is 52.8 Å². The Morgan fingerprint density at radius 1 is 0.878 bits per heavy atom. The van der Waals surface area contributed by atoms with Gasteiger partial charge in [0, 0.05) is 54.2 Å². The van der Waals surface area contributed by atoms with Gasteiger partial charge in [0.2, 0.25) is 5.91 Å². The van der Waals surface area contributed by atoms with Crippen LogP contribution in [0.2, 0.25) is 10.0 Å². The fourth-order valence-electron chi connectivity index (χ4n) is 6.13. The molecule has 2 N–H and O–H groups in total. The number of thioether (sulfide) groups is 1. The summed E-state index contributed by atoms with van der Waals surface area (Å²) in [6, 6.07) is 22.2. The van der Waals surface area contributed by atoms with E-state index in [2.05, 4.69) is 58.5 Å². The molecule has 2 aliphatic rings. The van der Waals surface area contributed by atoms with Gasteiger partial charge in [-0.25, -0.2) is 0 Å². The Morgan fingerprint density at radius 2 is 1.61 bits per heavy atom. The molecular formula is C33H40Cl2N4OS. The van der Waals surface area contributed by atoms with Crippen molar-refractivity contribution in [1.82, 2.24) is 14.7 Å². The monoisotopic (exact) mass is 610 g/mol. The zero-order chi connectivity index (χ0) is 28.8. The van der Waals surface area contributed by atoms with Crippen LogP contribution < -0.4 is 5.73 Å². The Balaban J connectivity index is 1.09. The molecule has 1 amide bonds. The zero-order valence-corrected chi connectivity index (χ0v) is 26.1. The summed E-state index contributed by atoms with van der Waals surface area (Å²) in [4.78, 5) is 21.6. The van der Waals surface area contributed by atoms with Gasteiger partial charge in [-0.1, -0.05) is 59.6 Å². The molecule has 0 unspecified atom stereocenters. The maximum absolute atomic E-state index is 13.3. The minimum absolute atomic E-state index is 0.123. The summed E-state index contributed by atoms with van der Waals surface area (Å²) in [6.45, 7) is 7.08. The predicted octanol–water partition coefficient (Wildman–Crippen LogP) is 6.31. The highest BCUT2D eigenvalue weighted by Crippen LogP contribution is 2.30. The second kappa shape index (κ2) is 14.4. The van der Waals surface area contributed by atoms with Gasteiger partial charge in [0.1, 0.15) is 0 Å². The minimum atomic E-state index is -0.414. The van der Waals surface area contributed by atoms with E-state index in [-0.39, 0.29) is 11.8 Å². The molecule has 0 aliphatic carbocycles. The molecule has 41 heavy (non-hydrogen) atoms. The summed E-state index contributed by atoms with van der Waals surface area (Å²) in [6.07, 6.45) is 4.94. The Labute approximate surface area is 259 Å². The highest BCUT2D eigenvalue weighted by molar-refractivity contribution is 7.98. The molecule has 0 saturated carbocycles. The Hall–Kier alpha value is -2.06. The standard InChI is InChI=1S/C33H40Cl2N4OS/c1-41-31-8-3-2-5-27(31)23-38-17-19-39(20-18-38)33(40)32(36)24-11-14-37(15-12-24)16-13-26-22-29(35)9-10-30(26)25-6-4-7-28(34)21-25/h2-10,21-22,24,32H,11-20,23,36H2,1H3/t32-/m1/s1. The molecule has 0 aromatic heterocycles. The van der Waals surface area contributed by atoms with Crippen molar-refractivity contribution in [3.63, 3.8) is 0 Å². The van der Waals surface area contributed by atoms with E-state index in [1.165, 1.54) is 21.6 Å². The number of carbonyl (C=O) groups excluding carboxylic acids is 1. The van der Waals surface area contributed by atoms with E-state index in [9.17, 15) is 4.79 Å². The predicted molar refractivity (Wildman–Crippen MR) is 173 cm³/mol. The van der Waals surface area contributed by atoms with Gasteiger partial charge in [0.25, 0.3) is 0 Å². The summed E-state index contributed by atoms with van der Waals surface area (Å²) in [5.74, 6) is 0.358. The highest BCUT2D eigenvalue weighted by atomic mass is 35.5. The minimum Gasteiger partial charge on any atom is -0.339 e. The highest BCUT2D eigenvalue weighted by Gasteiger charge is 2.32. The van der Waals surface area contributed by atoms with Gasteiger partial charge in [0.15, 0.2) is 0 Å². The average molecular weight is 612 g/mol. The van der Waals surface area contributed by atoms with E-state index < -0.39 is 6.04 Å². The van der Waals surface area contributed by atoms with Crippen LogP contribution in [0.25, 0.3) is 11.1 Å². The summed E-state index contributed by atoms with van der Waals surface area (Å²) in [7, 11) is 0. The third-order valence-electron chi connectivity index (χ3n) is 8.60. The van der Waals surface area contributed by atoms with Gasteiger partial charge in [-0.05, 0) is 97.1 Å². The first-order chi connectivity index (χ1) is 19.9. The molecule has 2 heterocycles. The SMILES string of the molecule is CSc1ccccc1CN1CCN(C(=O)[C@H](N)C2CCN(CCc3cc(Cl)ccc3-c3cccc(Cl)c3)CC2)CC1. The maximum atomic E-state index is 13.3. The van der Waals surface area contributed by atoms with Gasteiger partial charge < -0.3 is 15.5 Å². The number of piperazine rings is 1. The molecule has 218 valence electrons. The van der Waals surface area contributed by atoms with Crippen LogP contribution in [0.15, 0.2) is 71.6 Å². The fraction of sp³-hybridized carbons (Fsp3) is 0.424. The van der Waals surface area contributed by atoms with Gasteiger partial charge in [0.05, 0.1) is 6.04 Å². The first-order valence-electron chi connectivity index (χ1n) is 14.6. The summed E-state index contributed by atoms with van der Waals surface area (Å²) < 4.78 is 0. The summed E-state index contributed by atoms with van der Waals surface area (Å²) >= 11 is 14.4. The lowest BCUT2D eigenvalue weighted by Crippen LogP contribution is -2.55. The third kappa shape index (κ3) is 7.86. The molecule has 5 rings (SSSR count). The number of nitrogens with two attached hydrogens (primary N) is 1. The van der Waals surface area contributed by atoms with Crippen molar-refractivity contribution in [2.24, 2.45) is 11.7 Å². The van der Waals surface area contributed by atoms with Crippen LogP contribution in [0.5, 0.6) is 0 Å². The number of nitrogens with zero attached hydrogens (tertiary/aromatic N) is 3. The molecule has 1 atom stereocenters.